The lowest BCUT2D eigenvalue weighted by atomic mass is 10.0. The van der Waals surface area contributed by atoms with Crippen LogP contribution in [0.4, 0.5) is 0 Å². The zero-order valence-corrected chi connectivity index (χ0v) is 32.1. The molecule has 6 heteroatoms. The van der Waals surface area contributed by atoms with Crippen molar-refractivity contribution in [3.63, 3.8) is 0 Å². The third-order valence-corrected chi connectivity index (χ3v) is 12.1. The topological polar surface area (TPSA) is 56.7 Å². The van der Waals surface area contributed by atoms with Gasteiger partial charge < -0.3 is 8.98 Å². The quantitative estimate of drug-likeness (QED) is 0.170. The second-order valence-electron chi connectivity index (χ2n) is 14.5. The Labute approximate surface area is 332 Å². The molecule has 11 rings (SSSR count). The van der Waals surface area contributed by atoms with E-state index < -0.39 is 0 Å². The van der Waals surface area contributed by atoms with Crippen molar-refractivity contribution in [1.82, 2.24) is 19.5 Å². The van der Waals surface area contributed by atoms with Gasteiger partial charge in [-0.15, -0.1) is 11.3 Å². The fraction of sp³-hybridized carbons (Fsp3) is 0.0392. The lowest BCUT2D eigenvalue weighted by molar-refractivity contribution is 0.669. The number of thiophene rings is 1. The summed E-state index contributed by atoms with van der Waals surface area (Å²) in [5.74, 6) is 1.80. The highest BCUT2D eigenvalue weighted by Crippen LogP contribution is 2.39. The molecular weight excluding hydrogens is 717 g/mol. The predicted octanol–water partition coefficient (Wildman–Crippen LogP) is 14.0. The first-order valence-corrected chi connectivity index (χ1v) is 19.9. The van der Waals surface area contributed by atoms with Gasteiger partial charge in [0, 0.05) is 42.4 Å². The van der Waals surface area contributed by atoms with E-state index in [0.29, 0.717) is 17.5 Å². The van der Waals surface area contributed by atoms with Crippen LogP contribution in [-0.2, 0) is 0 Å². The van der Waals surface area contributed by atoms with Gasteiger partial charge in [-0.05, 0) is 102 Å². The monoisotopic (exact) mass is 750 g/mol. The van der Waals surface area contributed by atoms with E-state index in [-0.39, 0.29) is 0 Å². The fourth-order valence-corrected chi connectivity index (χ4v) is 9.26. The first-order chi connectivity index (χ1) is 28.1. The van der Waals surface area contributed by atoms with Crippen LogP contribution in [0.3, 0.4) is 0 Å². The van der Waals surface area contributed by atoms with Crippen LogP contribution in [0.5, 0.6) is 0 Å². The number of aryl methyl sites for hydroxylation is 1. The summed E-state index contributed by atoms with van der Waals surface area (Å²) in [7, 11) is 0. The number of benzene rings is 7. The zero-order valence-electron chi connectivity index (χ0n) is 31.3. The summed E-state index contributed by atoms with van der Waals surface area (Å²) in [5.41, 5.74) is 11.2. The first kappa shape index (κ1) is 33.2. The van der Waals surface area contributed by atoms with E-state index in [2.05, 4.69) is 164 Å². The zero-order chi connectivity index (χ0) is 38.0. The smallest absolute Gasteiger partial charge is 0.167 e. The van der Waals surface area contributed by atoms with Crippen molar-refractivity contribution in [2.75, 3.05) is 0 Å². The SMILES string of the molecule is C/C(=C\c1c(C)sc2ccccc12)c1nc(-c2cccc(-c3ccc4c(c3)c3ccccc3n4-c3ccccc3)c2)nc(-c2cccc3c2oc2ccccc23)n1. The number of para-hydroxylation sites is 4. The maximum absolute atomic E-state index is 6.49. The Balaban J connectivity index is 1.08. The van der Waals surface area contributed by atoms with E-state index in [4.69, 9.17) is 19.4 Å². The van der Waals surface area contributed by atoms with Crippen molar-refractivity contribution in [3.05, 3.63) is 180 Å². The average molecular weight is 751 g/mol. The van der Waals surface area contributed by atoms with Crippen LogP contribution in [0.25, 0.3) is 105 Å². The van der Waals surface area contributed by atoms with Crippen LogP contribution < -0.4 is 0 Å². The molecule has 0 bridgehead atoms. The van der Waals surface area contributed by atoms with Crippen molar-refractivity contribution in [2.24, 2.45) is 0 Å². The molecule has 5 nitrogen and oxygen atoms in total. The van der Waals surface area contributed by atoms with Crippen LogP contribution in [0.15, 0.2) is 168 Å². The highest BCUT2D eigenvalue weighted by atomic mass is 32.1. The van der Waals surface area contributed by atoms with Crippen LogP contribution in [-0.4, -0.2) is 19.5 Å². The Morgan fingerprint density at radius 2 is 1.25 bits per heavy atom. The van der Waals surface area contributed by atoms with Gasteiger partial charge in [-0.3, -0.25) is 0 Å². The highest BCUT2D eigenvalue weighted by molar-refractivity contribution is 7.19. The van der Waals surface area contributed by atoms with Gasteiger partial charge in [0.25, 0.3) is 0 Å². The summed E-state index contributed by atoms with van der Waals surface area (Å²) in [6.07, 6.45) is 2.22. The molecule has 0 spiro atoms. The number of allylic oxidation sites excluding steroid dienone is 1. The summed E-state index contributed by atoms with van der Waals surface area (Å²) in [6, 6.07) is 57.4. The van der Waals surface area contributed by atoms with Crippen LogP contribution >= 0.6 is 11.3 Å². The van der Waals surface area contributed by atoms with E-state index in [1.807, 2.05) is 35.6 Å². The van der Waals surface area contributed by atoms with Gasteiger partial charge in [0.1, 0.15) is 11.2 Å². The van der Waals surface area contributed by atoms with Crippen molar-refractivity contribution in [1.29, 1.82) is 0 Å². The second-order valence-corrected chi connectivity index (χ2v) is 15.7. The van der Waals surface area contributed by atoms with Crippen molar-refractivity contribution >= 4 is 76.8 Å². The van der Waals surface area contributed by atoms with Crippen LogP contribution in [0.2, 0.25) is 0 Å². The van der Waals surface area contributed by atoms with Crippen LogP contribution in [0.1, 0.15) is 23.2 Å². The predicted molar refractivity (Wildman–Crippen MR) is 238 cm³/mol. The highest BCUT2D eigenvalue weighted by Gasteiger charge is 2.19. The number of furan rings is 1. The Kier molecular flexibility index (Phi) is 7.72. The number of nitrogens with zero attached hydrogens (tertiary/aromatic N) is 4. The van der Waals surface area contributed by atoms with E-state index in [9.17, 15) is 0 Å². The third-order valence-electron chi connectivity index (χ3n) is 11.0. The van der Waals surface area contributed by atoms with Gasteiger partial charge in [-0.2, -0.15) is 0 Å². The lowest BCUT2D eigenvalue weighted by Crippen LogP contribution is -2.02. The van der Waals surface area contributed by atoms with Gasteiger partial charge in [-0.25, -0.2) is 15.0 Å². The molecule has 0 aliphatic carbocycles. The third kappa shape index (κ3) is 5.56. The lowest BCUT2D eigenvalue weighted by Gasteiger charge is -2.11. The maximum Gasteiger partial charge on any atom is 0.167 e. The molecule has 7 aromatic carbocycles. The minimum absolute atomic E-state index is 0.569. The normalized spacial score (nSPS) is 12.1. The molecule has 0 aliphatic heterocycles. The summed E-state index contributed by atoms with van der Waals surface area (Å²) in [6.45, 7) is 4.27. The van der Waals surface area contributed by atoms with E-state index in [1.165, 1.54) is 42.3 Å². The fourth-order valence-electron chi connectivity index (χ4n) is 8.22. The molecule has 4 heterocycles. The second kappa shape index (κ2) is 13.3. The Bertz CT molecular complexity index is 3390. The van der Waals surface area contributed by atoms with Crippen LogP contribution in [0, 0.1) is 6.92 Å². The number of rotatable bonds is 6. The number of aromatic nitrogens is 4. The van der Waals surface area contributed by atoms with Gasteiger partial charge in [0.15, 0.2) is 17.5 Å². The van der Waals surface area contributed by atoms with Crippen molar-refractivity contribution < 1.29 is 4.42 Å². The van der Waals surface area contributed by atoms with Gasteiger partial charge >= 0.3 is 0 Å². The maximum atomic E-state index is 6.49. The summed E-state index contributed by atoms with van der Waals surface area (Å²) < 4.78 is 10.1. The Hall–Kier alpha value is -7.15. The Morgan fingerprint density at radius 1 is 0.561 bits per heavy atom. The summed E-state index contributed by atoms with van der Waals surface area (Å²) in [4.78, 5) is 16.8. The van der Waals surface area contributed by atoms with Crippen molar-refractivity contribution in [3.8, 4) is 39.6 Å². The molecule has 0 saturated heterocycles. The molecule has 0 radical (unpaired) electrons. The number of fused-ring (bicyclic) bond motifs is 7. The van der Waals surface area contributed by atoms with Gasteiger partial charge in [-0.1, -0.05) is 109 Å². The first-order valence-electron chi connectivity index (χ1n) is 19.1. The molecule has 0 saturated carbocycles. The Morgan fingerprint density at radius 3 is 2.14 bits per heavy atom. The summed E-state index contributed by atoms with van der Waals surface area (Å²) >= 11 is 1.81. The molecule has 0 N–H and O–H groups in total. The van der Waals surface area contributed by atoms with Gasteiger partial charge in [0.2, 0.25) is 0 Å². The molecule has 0 amide bonds. The molecule has 0 fully saturated rings. The molecule has 0 unspecified atom stereocenters. The molecule has 4 aromatic heterocycles. The molecule has 11 aromatic rings. The number of hydrogen-bond donors (Lipinski definition) is 0. The summed E-state index contributed by atoms with van der Waals surface area (Å²) in [5, 5.41) is 5.76. The minimum atomic E-state index is 0.569. The molecule has 0 atom stereocenters. The molecular formula is C51H34N4OS. The molecule has 0 aliphatic rings. The van der Waals surface area contributed by atoms with E-state index >= 15 is 0 Å². The van der Waals surface area contributed by atoms with Gasteiger partial charge in [0.05, 0.1) is 16.6 Å². The van der Waals surface area contributed by atoms with Crippen molar-refractivity contribution in [2.45, 2.75) is 13.8 Å². The number of hydrogen-bond acceptors (Lipinski definition) is 5. The minimum Gasteiger partial charge on any atom is -0.455 e. The molecule has 57 heavy (non-hydrogen) atoms. The average Bonchev–Trinajstić information content (AvgIpc) is 3.92. The molecule has 270 valence electrons. The largest absolute Gasteiger partial charge is 0.455 e. The van der Waals surface area contributed by atoms with E-state index in [1.54, 1.807) is 0 Å². The standard InChI is InChI=1S/C51H34N4OS/c1-31(28-42-32(2)57-47-25-11-8-20-39(42)47)49-52-50(54-51(53-49)41-22-13-21-40-38-19-7-10-24-46(38)56-48(40)41)35-15-12-14-33(29-35)34-26-27-45-43(30-34)37-18-6-9-23-44(37)55(45)36-16-4-3-5-17-36/h3-30H,1-2H3/b31-28+. The van der Waals surface area contributed by atoms with E-state index in [0.717, 1.165) is 55.5 Å².